The Balaban J connectivity index is 2.18. The minimum Gasteiger partial charge on any atom is -0.314 e. The third-order valence-electron chi connectivity index (χ3n) is 4.21. The number of carbonyl (C=O) groups is 2. The van der Waals surface area contributed by atoms with Gasteiger partial charge in [-0.25, -0.2) is 0 Å². The molecule has 3 nitrogen and oxygen atoms in total. The number of para-hydroxylation sites is 1. The summed E-state index contributed by atoms with van der Waals surface area (Å²) < 4.78 is 0. The van der Waals surface area contributed by atoms with E-state index in [1.54, 1.807) is 36.2 Å². The van der Waals surface area contributed by atoms with Crippen molar-refractivity contribution >= 4 is 46.8 Å². The van der Waals surface area contributed by atoms with Gasteiger partial charge >= 0.3 is 0 Å². The zero-order valence-electron chi connectivity index (χ0n) is 13.3. The predicted molar refractivity (Wildman–Crippen MR) is 101 cm³/mol. The average molecular weight is 358 g/mol. The van der Waals surface area contributed by atoms with E-state index in [0.29, 0.717) is 10.6 Å². The van der Waals surface area contributed by atoms with Gasteiger partial charge in [-0.15, -0.1) is 11.8 Å². The lowest BCUT2D eigenvalue weighted by atomic mass is 9.95. The standard InChI is InChI=1S/C19H16ClNO2S/c1-21-16-6-4-3-5-14(16)17(19(21)23)18(24-2)15(11-22)12-7-9-13(20)10-8-12/h3-11,17H,1-2H3/b18-15-. The van der Waals surface area contributed by atoms with Crippen LogP contribution in [0.3, 0.4) is 0 Å². The van der Waals surface area contributed by atoms with Crippen molar-refractivity contribution in [2.75, 3.05) is 18.2 Å². The predicted octanol–water partition coefficient (Wildman–Crippen LogP) is 4.37. The van der Waals surface area contributed by atoms with Crippen LogP contribution in [0.2, 0.25) is 5.02 Å². The zero-order chi connectivity index (χ0) is 17.3. The van der Waals surface area contributed by atoms with Gasteiger partial charge in [-0.3, -0.25) is 9.59 Å². The van der Waals surface area contributed by atoms with Crippen LogP contribution >= 0.6 is 23.4 Å². The molecule has 0 saturated carbocycles. The number of rotatable bonds is 4. The van der Waals surface area contributed by atoms with Gasteiger partial charge in [0.1, 0.15) is 0 Å². The molecule has 0 N–H and O–H groups in total. The number of carbonyl (C=O) groups excluding carboxylic acids is 2. The van der Waals surface area contributed by atoms with Crippen LogP contribution in [0.1, 0.15) is 17.0 Å². The van der Waals surface area contributed by atoms with E-state index in [-0.39, 0.29) is 5.91 Å². The van der Waals surface area contributed by atoms with Crippen molar-refractivity contribution in [1.29, 1.82) is 0 Å². The molecule has 24 heavy (non-hydrogen) atoms. The minimum atomic E-state index is -0.447. The lowest BCUT2D eigenvalue weighted by molar-refractivity contribution is -0.118. The number of halogens is 1. The molecule has 0 bridgehead atoms. The number of fused-ring (bicyclic) bond motifs is 1. The maximum Gasteiger partial charge on any atom is 0.239 e. The molecule has 5 heteroatoms. The smallest absolute Gasteiger partial charge is 0.239 e. The average Bonchev–Trinajstić information content (AvgIpc) is 2.86. The van der Waals surface area contributed by atoms with Crippen LogP contribution in [0.15, 0.2) is 53.4 Å². The lowest BCUT2D eigenvalue weighted by Crippen LogP contribution is -2.24. The number of anilines is 1. The van der Waals surface area contributed by atoms with Gasteiger partial charge in [-0.05, 0) is 35.6 Å². The Morgan fingerprint density at radius 1 is 1.17 bits per heavy atom. The fourth-order valence-corrected chi connectivity index (χ4v) is 3.99. The van der Waals surface area contributed by atoms with E-state index in [2.05, 4.69) is 0 Å². The number of aldehydes is 1. The molecule has 1 atom stereocenters. The van der Waals surface area contributed by atoms with Crippen molar-refractivity contribution in [3.05, 3.63) is 69.6 Å². The summed E-state index contributed by atoms with van der Waals surface area (Å²) in [6.07, 6.45) is 2.71. The summed E-state index contributed by atoms with van der Waals surface area (Å²) in [5.74, 6) is -0.467. The number of benzene rings is 2. The molecule has 1 aliphatic heterocycles. The van der Waals surface area contributed by atoms with Gasteiger partial charge < -0.3 is 4.90 Å². The number of allylic oxidation sites excluding steroid dienone is 1. The van der Waals surface area contributed by atoms with Gasteiger partial charge in [-0.1, -0.05) is 41.9 Å². The molecule has 1 unspecified atom stereocenters. The molecule has 1 heterocycles. The molecule has 1 aliphatic rings. The summed E-state index contributed by atoms with van der Waals surface area (Å²) >= 11 is 7.38. The molecule has 122 valence electrons. The lowest BCUT2D eigenvalue weighted by Gasteiger charge is -2.16. The molecule has 1 amide bonds. The van der Waals surface area contributed by atoms with Crippen molar-refractivity contribution in [1.82, 2.24) is 0 Å². The molecular weight excluding hydrogens is 342 g/mol. The Morgan fingerprint density at radius 2 is 1.83 bits per heavy atom. The van der Waals surface area contributed by atoms with Gasteiger partial charge in [0.2, 0.25) is 5.91 Å². The van der Waals surface area contributed by atoms with Crippen molar-refractivity contribution in [3.8, 4) is 0 Å². The number of thioether (sulfide) groups is 1. The van der Waals surface area contributed by atoms with E-state index < -0.39 is 5.92 Å². The maximum atomic E-state index is 12.8. The third kappa shape index (κ3) is 2.76. The fourth-order valence-electron chi connectivity index (χ4n) is 3.02. The molecule has 0 fully saturated rings. The minimum absolute atomic E-state index is 0.0196. The highest BCUT2D eigenvalue weighted by Gasteiger charge is 2.38. The summed E-state index contributed by atoms with van der Waals surface area (Å²) in [4.78, 5) is 27.0. The van der Waals surface area contributed by atoms with E-state index in [4.69, 9.17) is 11.6 Å². The number of nitrogens with zero attached hydrogens (tertiary/aromatic N) is 1. The van der Waals surface area contributed by atoms with Crippen molar-refractivity contribution in [2.45, 2.75) is 5.92 Å². The van der Waals surface area contributed by atoms with E-state index >= 15 is 0 Å². The first-order chi connectivity index (χ1) is 11.6. The third-order valence-corrected chi connectivity index (χ3v) is 5.35. The molecule has 2 aromatic carbocycles. The summed E-state index contributed by atoms with van der Waals surface area (Å²) in [5, 5.41) is 0.608. The topological polar surface area (TPSA) is 37.4 Å². The van der Waals surface area contributed by atoms with Crippen LogP contribution < -0.4 is 4.90 Å². The molecule has 0 spiro atoms. The van der Waals surface area contributed by atoms with Gasteiger partial charge in [-0.2, -0.15) is 0 Å². The number of amides is 1. The Labute approximate surface area is 150 Å². The normalized spacial score (nSPS) is 17.5. The number of hydrogen-bond donors (Lipinski definition) is 0. The number of likely N-dealkylation sites (N-methyl/N-ethyl adjacent to an activating group) is 1. The van der Waals surface area contributed by atoms with E-state index in [1.165, 1.54) is 11.8 Å². The van der Waals surface area contributed by atoms with Gasteiger partial charge in [0.05, 0.1) is 5.92 Å². The molecule has 3 rings (SSSR count). The summed E-state index contributed by atoms with van der Waals surface area (Å²) in [6, 6.07) is 14.8. The quantitative estimate of drug-likeness (QED) is 0.602. The van der Waals surface area contributed by atoms with Crippen LogP contribution in [-0.2, 0) is 9.59 Å². The van der Waals surface area contributed by atoms with Crippen LogP contribution in [0.4, 0.5) is 5.69 Å². The van der Waals surface area contributed by atoms with E-state index in [9.17, 15) is 9.59 Å². The molecule has 2 aromatic rings. The molecule has 0 saturated heterocycles. The molecule has 0 aliphatic carbocycles. The van der Waals surface area contributed by atoms with Gasteiger partial charge in [0.15, 0.2) is 6.29 Å². The maximum absolute atomic E-state index is 12.8. The van der Waals surface area contributed by atoms with Gasteiger partial charge in [0.25, 0.3) is 0 Å². The Hall–Kier alpha value is -2.04. The fraction of sp³-hybridized carbons (Fsp3) is 0.158. The zero-order valence-corrected chi connectivity index (χ0v) is 14.9. The first-order valence-corrected chi connectivity index (χ1v) is 9.04. The monoisotopic (exact) mass is 357 g/mol. The first kappa shape index (κ1) is 16.8. The molecule has 0 aromatic heterocycles. The first-order valence-electron chi connectivity index (χ1n) is 7.44. The summed E-state index contributed by atoms with van der Waals surface area (Å²) in [7, 11) is 1.77. The Morgan fingerprint density at radius 3 is 2.46 bits per heavy atom. The van der Waals surface area contributed by atoms with Crippen molar-refractivity contribution in [3.63, 3.8) is 0 Å². The summed E-state index contributed by atoms with van der Waals surface area (Å²) in [5.41, 5.74) is 3.12. The SMILES string of the molecule is CS/C(=C(/C=O)c1ccc(Cl)cc1)C1C(=O)N(C)c2ccccc21. The molecule has 0 radical (unpaired) electrons. The Bertz CT molecular complexity index is 830. The molecular formula is C19H16ClNO2S. The van der Waals surface area contributed by atoms with Crippen LogP contribution in [0, 0.1) is 0 Å². The summed E-state index contributed by atoms with van der Waals surface area (Å²) in [6.45, 7) is 0. The number of hydrogen-bond acceptors (Lipinski definition) is 3. The van der Waals surface area contributed by atoms with Crippen molar-refractivity contribution in [2.24, 2.45) is 0 Å². The van der Waals surface area contributed by atoms with Crippen LogP contribution in [0.5, 0.6) is 0 Å². The second-order valence-electron chi connectivity index (χ2n) is 5.50. The second kappa shape index (κ2) is 6.83. The Kier molecular flexibility index (Phi) is 4.78. The second-order valence-corrected chi connectivity index (χ2v) is 6.78. The van der Waals surface area contributed by atoms with Gasteiger partial charge in [0, 0.05) is 28.2 Å². The highest BCUT2D eigenvalue weighted by Crippen LogP contribution is 2.45. The largest absolute Gasteiger partial charge is 0.314 e. The van der Waals surface area contributed by atoms with Crippen LogP contribution in [-0.4, -0.2) is 25.5 Å². The van der Waals surface area contributed by atoms with Crippen LogP contribution in [0.25, 0.3) is 5.57 Å². The van der Waals surface area contributed by atoms with E-state index in [1.807, 2.05) is 30.5 Å². The highest BCUT2D eigenvalue weighted by molar-refractivity contribution is 8.02. The highest BCUT2D eigenvalue weighted by atomic mass is 35.5. The van der Waals surface area contributed by atoms with E-state index in [0.717, 1.165) is 28.0 Å². The van der Waals surface area contributed by atoms with Crippen molar-refractivity contribution < 1.29 is 9.59 Å².